The van der Waals surface area contributed by atoms with Crippen LogP contribution in [-0.4, -0.2) is 21.5 Å². The predicted octanol–water partition coefficient (Wildman–Crippen LogP) is 2.19. The highest BCUT2D eigenvalue weighted by Gasteiger charge is 2.00. The molecular formula is C9H9IN4S. The quantitative estimate of drug-likeness (QED) is 0.872. The topological polar surface area (TPSA) is 50.7 Å². The van der Waals surface area contributed by atoms with E-state index in [0.29, 0.717) is 0 Å². The first-order valence-electron chi connectivity index (χ1n) is 4.44. The van der Waals surface area contributed by atoms with Crippen LogP contribution in [0.15, 0.2) is 24.1 Å². The Morgan fingerprint density at radius 1 is 1.40 bits per heavy atom. The summed E-state index contributed by atoms with van der Waals surface area (Å²) in [5.41, 5.74) is 0. The summed E-state index contributed by atoms with van der Waals surface area (Å²) < 4.78 is 1.04. The standard InChI is InChI=1S/C9H9IN4S/c10-7-5-11-6-14-9(7)13-2-1-8-12-3-4-15-8/h3-6H,1-2H2,(H,11,13,14). The van der Waals surface area contributed by atoms with E-state index in [2.05, 4.69) is 42.9 Å². The van der Waals surface area contributed by atoms with Crippen LogP contribution >= 0.6 is 33.9 Å². The second-order valence-electron chi connectivity index (χ2n) is 2.82. The molecule has 0 aliphatic rings. The molecule has 0 unspecified atom stereocenters. The number of hydrogen-bond donors (Lipinski definition) is 1. The maximum atomic E-state index is 4.21. The summed E-state index contributed by atoms with van der Waals surface area (Å²) in [6.45, 7) is 0.848. The van der Waals surface area contributed by atoms with Crippen molar-refractivity contribution in [1.29, 1.82) is 0 Å². The van der Waals surface area contributed by atoms with E-state index >= 15 is 0 Å². The van der Waals surface area contributed by atoms with Gasteiger partial charge in [-0.05, 0) is 22.6 Å². The zero-order valence-corrected chi connectivity index (χ0v) is 10.8. The number of rotatable bonds is 4. The van der Waals surface area contributed by atoms with Crippen LogP contribution in [0.3, 0.4) is 0 Å². The zero-order chi connectivity index (χ0) is 10.5. The minimum atomic E-state index is 0.848. The number of nitrogens with zero attached hydrogens (tertiary/aromatic N) is 3. The van der Waals surface area contributed by atoms with Gasteiger partial charge in [0.05, 0.1) is 8.58 Å². The number of anilines is 1. The number of thiazole rings is 1. The molecule has 0 aliphatic heterocycles. The predicted molar refractivity (Wildman–Crippen MR) is 69.1 cm³/mol. The molecule has 2 aromatic heterocycles. The molecule has 2 aromatic rings. The van der Waals surface area contributed by atoms with E-state index in [-0.39, 0.29) is 0 Å². The lowest BCUT2D eigenvalue weighted by molar-refractivity contribution is 0.979. The number of hydrogen-bond acceptors (Lipinski definition) is 5. The van der Waals surface area contributed by atoms with E-state index in [4.69, 9.17) is 0 Å². The number of halogens is 1. The van der Waals surface area contributed by atoms with Crippen molar-refractivity contribution < 1.29 is 0 Å². The highest BCUT2D eigenvalue weighted by molar-refractivity contribution is 14.1. The Kier molecular flexibility index (Phi) is 3.84. The molecule has 0 amide bonds. The van der Waals surface area contributed by atoms with Crippen LogP contribution in [0.5, 0.6) is 0 Å². The highest BCUT2D eigenvalue weighted by atomic mass is 127. The Morgan fingerprint density at radius 2 is 2.33 bits per heavy atom. The molecule has 0 saturated heterocycles. The van der Waals surface area contributed by atoms with Crippen molar-refractivity contribution in [3.05, 3.63) is 32.7 Å². The Balaban J connectivity index is 1.86. The van der Waals surface area contributed by atoms with E-state index in [9.17, 15) is 0 Å². The van der Waals surface area contributed by atoms with E-state index in [1.807, 2.05) is 11.6 Å². The smallest absolute Gasteiger partial charge is 0.142 e. The summed E-state index contributed by atoms with van der Waals surface area (Å²) in [7, 11) is 0. The van der Waals surface area contributed by atoms with Gasteiger partial charge in [-0.1, -0.05) is 0 Å². The molecule has 2 heterocycles. The largest absolute Gasteiger partial charge is 0.369 e. The number of aromatic nitrogens is 3. The Bertz CT molecular complexity index is 418. The summed E-state index contributed by atoms with van der Waals surface area (Å²) in [5.74, 6) is 0.891. The SMILES string of the molecule is Ic1cncnc1NCCc1nccs1. The highest BCUT2D eigenvalue weighted by Crippen LogP contribution is 2.12. The Morgan fingerprint density at radius 3 is 3.07 bits per heavy atom. The molecule has 0 spiro atoms. The lowest BCUT2D eigenvalue weighted by Crippen LogP contribution is -2.07. The van der Waals surface area contributed by atoms with E-state index < -0.39 is 0 Å². The van der Waals surface area contributed by atoms with Crippen LogP contribution in [0.2, 0.25) is 0 Å². The minimum absolute atomic E-state index is 0.848. The zero-order valence-electron chi connectivity index (χ0n) is 7.85. The van der Waals surface area contributed by atoms with Gasteiger partial charge in [0.25, 0.3) is 0 Å². The normalized spacial score (nSPS) is 10.2. The third-order valence-corrected chi connectivity index (χ3v) is 3.41. The van der Waals surface area contributed by atoms with Crippen LogP contribution in [0.4, 0.5) is 5.82 Å². The summed E-state index contributed by atoms with van der Waals surface area (Å²) >= 11 is 3.89. The van der Waals surface area contributed by atoms with Crippen molar-refractivity contribution in [3.8, 4) is 0 Å². The van der Waals surface area contributed by atoms with E-state index in [1.54, 1.807) is 23.9 Å². The first kappa shape index (κ1) is 10.7. The van der Waals surface area contributed by atoms with Gasteiger partial charge in [-0.3, -0.25) is 0 Å². The molecular weight excluding hydrogens is 323 g/mol. The molecule has 0 fully saturated rings. The molecule has 0 aliphatic carbocycles. The molecule has 78 valence electrons. The van der Waals surface area contributed by atoms with Gasteiger partial charge >= 0.3 is 0 Å². The van der Waals surface area contributed by atoms with Gasteiger partial charge in [0.15, 0.2) is 0 Å². The van der Waals surface area contributed by atoms with Gasteiger partial charge < -0.3 is 5.32 Å². The minimum Gasteiger partial charge on any atom is -0.369 e. The molecule has 0 saturated carbocycles. The van der Waals surface area contributed by atoms with Gasteiger partial charge in [0.2, 0.25) is 0 Å². The Labute approximate surface area is 105 Å². The Hall–Kier alpha value is -0.760. The van der Waals surface area contributed by atoms with Crippen molar-refractivity contribution >= 4 is 39.7 Å². The lowest BCUT2D eigenvalue weighted by Gasteiger charge is -2.04. The average molecular weight is 332 g/mol. The van der Waals surface area contributed by atoms with Gasteiger partial charge in [-0.25, -0.2) is 15.0 Å². The molecule has 1 N–H and O–H groups in total. The molecule has 15 heavy (non-hydrogen) atoms. The molecule has 6 heteroatoms. The molecule has 0 radical (unpaired) electrons. The van der Waals surface area contributed by atoms with Gasteiger partial charge in [-0.15, -0.1) is 11.3 Å². The summed E-state index contributed by atoms with van der Waals surface area (Å²) in [5, 5.41) is 6.39. The lowest BCUT2D eigenvalue weighted by atomic mass is 10.4. The van der Waals surface area contributed by atoms with Crippen molar-refractivity contribution in [2.24, 2.45) is 0 Å². The van der Waals surface area contributed by atoms with Crippen molar-refractivity contribution in [1.82, 2.24) is 15.0 Å². The fourth-order valence-corrected chi connectivity index (χ4v) is 2.22. The molecule has 0 atom stereocenters. The summed E-state index contributed by atoms with van der Waals surface area (Å²) in [6, 6.07) is 0. The van der Waals surface area contributed by atoms with Crippen LogP contribution in [-0.2, 0) is 6.42 Å². The van der Waals surface area contributed by atoms with E-state index in [0.717, 1.165) is 27.4 Å². The molecule has 2 rings (SSSR count). The summed E-state index contributed by atoms with van der Waals surface area (Å²) in [4.78, 5) is 12.3. The first-order valence-corrected chi connectivity index (χ1v) is 6.40. The van der Waals surface area contributed by atoms with Gasteiger partial charge in [0.1, 0.15) is 12.1 Å². The van der Waals surface area contributed by atoms with Crippen molar-refractivity contribution in [2.75, 3.05) is 11.9 Å². The third kappa shape index (κ3) is 3.10. The van der Waals surface area contributed by atoms with E-state index in [1.165, 1.54) is 0 Å². The van der Waals surface area contributed by atoms with Crippen LogP contribution < -0.4 is 5.32 Å². The first-order chi connectivity index (χ1) is 7.36. The van der Waals surface area contributed by atoms with Gasteiger partial charge in [0, 0.05) is 30.7 Å². The molecule has 4 nitrogen and oxygen atoms in total. The van der Waals surface area contributed by atoms with Crippen molar-refractivity contribution in [3.63, 3.8) is 0 Å². The summed E-state index contributed by atoms with van der Waals surface area (Å²) in [6.07, 6.45) is 6.10. The third-order valence-electron chi connectivity index (χ3n) is 1.78. The van der Waals surface area contributed by atoms with Gasteiger partial charge in [-0.2, -0.15) is 0 Å². The van der Waals surface area contributed by atoms with Crippen LogP contribution in [0.1, 0.15) is 5.01 Å². The monoisotopic (exact) mass is 332 g/mol. The molecule has 0 bridgehead atoms. The fourth-order valence-electron chi connectivity index (χ4n) is 1.11. The van der Waals surface area contributed by atoms with Crippen molar-refractivity contribution in [2.45, 2.75) is 6.42 Å². The molecule has 0 aromatic carbocycles. The second kappa shape index (κ2) is 5.36. The van der Waals surface area contributed by atoms with Crippen LogP contribution in [0.25, 0.3) is 0 Å². The second-order valence-corrected chi connectivity index (χ2v) is 4.96. The average Bonchev–Trinajstić information content (AvgIpc) is 2.74. The van der Waals surface area contributed by atoms with Crippen LogP contribution in [0, 0.1) is 3.57 Å². The maximum Gasteiger partial charge on any atom is 0.142 e. The maximum absolute atomic E-state index is 4.21. The fraction of sp³-hybridized carbons (Fsp3) is 0.222. The number of nitrogens with one attached hydrogen (secondary N) is 1.